The molecule has 0 radical (unpaired) electrons. The number of anilines is 1. The van der Waals surface area contributed by atoms with E-state index in [9.17, 15) is 14.3 Å². The molecular formula is C10H12FN3O3. The second kappa shape index (κ2) is 4.27. The molecule has 0 bridgehead atoms. The number of aliphatic hydroxyl groups excluding tert-OH is 1. The molecule has 3 unspecified atom stereocenters. The molecule has 1 saturated heterocycles. The maximum Gasteiger partial charge on any atom is 0.351 e. The molecule has 0 aliphatic carbocycles. The Hall–Kier alpha value is -1.73. The summed E-state index contributed by atoms with van der Waals surface area (Å²) in [6, 6.07) is 1.40. The summed E-state index contributed by atoms with van der Waals surface area (Å²) in [5, 5.41) is 9.64. The van der Waals surface area contributed by atoms with Crippen LogP contribution in [0, 0.1) is 0 Å². The van der Waals surface area contributed by atoms with Gasteiger partial charge < -0.3 is 15.6 Å². The third-order valence-electron chi connectivity index (χ3n) is 2.65. The Balaban J connectivity index is 2.44. The topological polar surface area (TPSA) is 90.4 Å². The van der Waals surface area contributed by atoms with E-state index >= 15 is 0 Å². The maximum atomic E-state index is 12.7. The van der Waals surface area contributed by atoms with E-state index < -0.39 is 24.1 Å². The van der Waals surface area contributed by atoms with Gasteiger partial charge in [0.15, 0.2) is 6.23 Å². The molecule has 1 aliphatic rings. The Labute approximate surface area is 96.1 Å². The zero-order valence-electron chi connectivity index (χ0n) is 9.08. The van der Waals surface area contributed by atoms with Crippen molar-refractivity contribution in [3.8, 4) is 0 Å². The zero-order valence-corrected chi connectivity index (χ0v) is 9.08. The smallest absolute Gasteiger partial charge is 0.351 e. The lowest BCUT2D eigenvalue weighted by atomic mass is 10.1. The quantitative estimate of drug-likeness (QED) is 0.719. The van der Waals surface area contributed by atoms with Gasteiger partial charge in [0.25, 0.3) is 0 Å². The van der Waals surface area contributed by atoms with Gasteiger partial charge in [-0.25, -0.2) is 9.18 Å². The monoisotopic (exact) mass is 241 g/mol. The average Bonchev–Trinajstić information content (AvgIpc) is 2.55. The van der Waals surface area contributed by atoms with Crippen LogP contribution in [0.25, 0.3) is 0 Å². The molecule has 2 rings (SSSR count). The van der Waals surface area contributed by atoms with Gasteiger partial charge in [-0.05, 0) is 13.0 Å². The predicted molar refractivity (Wildman–Crippen MR) is 57.7 cm³/mol. The fourth-order valence-electron chi connectivity index (χ4n) is 1.72. The number of rotatable bonds is 1. The minimum absolute atomic E-state index is 0.00817. The van der Waals surface area contributed by atoms with Crippen molar-refractivity contribution >= 4 is 5.82 Å². The Kier molecular flexibility index (Phi) is 2.95. The van der Waals surface area contributed by atoms with Crippen molar-refractivity contribution in [2.45, 2.75) is 25.4 Å². The van der Waals surface area contributed by atoms with Crippen molar-refractivity contribution in [3.05, 3.63) is 34.7 Å². The highest BCUT2D eigenvalue weighted by Crippen LogP contribution is 2.33. The molecule has 6 nitrogen and oxygen atoms in total. The Morgan fingerprint density at radius 3 is 3.00 bits per heavy atom. The van der Waals surface area contributed by atoms with Crippen molar-refractivity contribution in [2.24, 2.45) is 0 Å². The molecule has 1 aromatic rings. The Morgan fingerprint density at radius 2 is 2.41 bits per heavy atom. The highest BCUT2D eigenvalue weighted by molar-refractivity contribution is 5.25. The molecule has 3 N–H and O–H groups in total. The van der Waals surface area contributed by atoms with Crippen molar-refractivity contribution in [1.29, 1.82) is 0 Å². The fraction of sp³-hybridized carbons (Fsp3) is 0.400. The van der Waals surface area contributed by atoms with Gasteiger partial charge in [-0.2, -0.15) is 4.98 Å². The zero-order chi connectivity index (χ0) is 12.6. The summed E-state index contributed by atoms with van der Waals surface area (Å²) in [7, 11) is 0. The molecule has 1 fully saturated rings. The molecule has 0 spiro atoms. The van der Waals surface area contributed by atoms with E-state index in [-0.39, 0.29) is 17.7 Å². The maximum absolute atomic E-state index is 12.7. The van der Waals surface area contributed by atoms with E-state index in [0.29, 0.717) is 0 Å². The summed E-state index contributed by atoms with van der Waals surface area (Å²) >= 11 is 0. The third kappa shape index (κ3) is 1.94. The first-order valence-electron chi connectivity index (χ1n) is 5.03. The minimum atomic E-state index is -1.07. The van der Waals surface area contributed by atoms with Crippen LogP contribution in [0.3, 0.4) is 0 Å². The van der Waals surface area contributed by atoms with Crippen molar-refractivity contribution < 1.29 is 14.2 Å². The molecule has 0 amide bonds. The lowest BCUT2D eigenvalue weighted by Crippen LogP contribution is -2.28. The molecule has 7 heteroatoms. The second-order valence-corrected chi connectivity index (χ2v) is 3.79. The summed E-state index contributed by atoms with van der Waals surface area (Å²) in [6.07, 6.45) is -1.04. The Bertz CT molecular complexity index is 514. The average molecular weight is 241 g/mol. The van der Waals surface area contributed by atoms with Gasteiger partial charge in [0.05, 0.1) is 12.4 Å². The van der Waals surface area contributed by atoms with Gasteiger partial charge in [0, 0.05) is 11.8 Å². The Morgan fingerprint density at radius 1 is 1.71 bits per heavy atom. The third-order valence-corrected chi connectivity index (χ3v) is 2.65. The van der Waals surface area contributed by atoms with Gasteiger partial charge in [-0.3, -0.25) is 4.57 Å². The van der Waals surface area contributed by atoms with Crippen LogP contribution in [0.2, 0.25) is 0 Å². The molecule has 1 aromatic heterocycles. The van der Waals surface area contributed by atoms with Crippen LogP contribution < -0.4 is 11.4 Å². The van der Waals surface area contributed by atoms with Crippen LogP contribution in [0.1, 0.15) is 13.2 Å². The van der Waals surface area contributed by atoms with E-state index in [0.717, 1.165) is 4.57 Å². The number of aromatic nitrogens is 2. The van der Waals surface area contributed by atoms with Crippen LogP contribution in [0.4, 0.5) is 10.2 Å². The van der Waals surface area contributed by atoms with Crippen LogP contribution in [0.15, 0.2) is 29.0 Å². The number of hydrogen-bond donors (Lipinski definition) is 2. The summed E-state index contributed by atoms with van der Waals surface area (Å²) in [5.41, 5.74) is 4.68. The molecule has 0 saturated carbocycles. The summed E-state index contributed by atoms with van der Waals surface area (Å²) in [5.74, 6) is 0.0728. The van der Waals surface area contributed by atoms with Gasteiger partial charge in [-0.1, -0.05) is 0 Å². The molecule has 2 heterocycles. The van der Waals surface area contributed by atoms with E-state index in [1.165, 1.54) is 12.3 Å². The van der Waals surface area contributed by atoms with E-state index in [4.69, 9.17) is 10.5 Å². The summed E-state index contributed by atoms with van der Waals surface area (Å²) in [6.45, 7) is 1.59. The van der Waals surface area contributed by atoms with E-state index in [2.05, 4.69) is 4.98 Å². The van der Waals surface area contributed by atoms with Crippen LogP contribution in [-0.4, -0.2) is 26.9 Å². The van der Waals surface area contributed by atoms with Crippen molar-refractivity contribution in [2.75, 3.05) is 5.73 Å². The number of halogens is 1. The van der Waals surface area contributed by atoms with Crippen molar-refractivity contribution in [1.82, 2.24) is 9.55 Å². The first kappa shape index (κ1) is 11.7. The second-order valence-electron chi connectivity index (χ2n) is 3.79. The van der Waals surface area contributed by atoms with Crippen LogP contribution in [0.5, 0.6) is 0 Å². The summed E-state index contributed by atoms with van der Waals surface area (Å²) < 4.78 is 19.1. The number of ether oxygens (including phenoxy) is 1. The van der Waals surface area contributed by atoms with Crippen LogP contribution >= 0.6 is 0 Å². The van der Waals surface area contributed by atoms with Crippen molar-refractivity contribution in [3.63, 3.8) is 0 Å². The molecular weight excluding hydrogens is 229 g/mol. The summed E-state index contributed by atoms with van der Waals surface area (Å²) in [4.78, 5) is 15.1. The number of hydrogen-bond acceptors (Lipinski definition) is 5. The number of aliphatic hydroxyl groups is 1. The lowest BCUT2D eigenvalue weighted by molar-refractivity contribution is -0.00767. The normalized spacial score (nSPS) is 31.0. The molecule has 92 valence electrons. The number of nitrogens with zero attached hydrogens (tertiary/aromatic N) is 2. The van der Waals surface area contributed by atoms with E-state index in [1.54, 1.807) is 6.92 Å². The standard InChI is InChI=1S/C10H12FN3O3/c1-5-8(15)6(4-11)9(17-5)14-3-2-7(12)13-10(14)16/h2-5,8-9,15H,1H3,(H2,12,13,16)/b6-4+. The number of nitrogens with two attached hydrogens (primary N) is 1. The lowest BCUT2D eigenvalue weighted by Gasteiger charge is -2.14. The molecule has 1 aliphatic heterocycles. The van der Waals surface area contributed by atoms with Gasteiger partial charge in [-0.15, -0.1) is 0 Å². The predicted octanol–water partition coefficient (Wildman–Crippen LogP) is -0.0429. The highest BCUT2D eigenvalue weighted by Gasteiger charge is 2.38. The molecule has 0 aromatic carbocycles. The van der Waals surface area contributed by atoms with Gasteiger partial charge in [0.2, 0.25) is 0 Å². The largest absolute Gasteiger partial charge is 0.386 e. The van der Waals surface area contributed by atoms with Gasteiger partial charge >= 0.3 is 5.69 Å². The molecule has 3 atom stereocenters. The van der Waals surface area contributed by atoms with E-state index in [1.807, 2.05) is 0 Å². The van der Waals surface area contributed by atoms with Gasteiger partial charge in [0.1, 0.15) is 11.9 Å². The van der Waals surface area contributed by atoms with Crippen LogP contribution in [-0.2, 0) is 4.74 Å². The minimum Gasteiger partial charge on any atom is -0.386 e. The first-order valence-corrected chi connectivity index (χ1v) is 5.03. The fourth-order valence-corrected chi connectivity index (χ4v) is 1.72. The SMILES string of the molecule is CC1OC(n2ccc(N)nc2=O)/C(=C/F)C1O. The number of nitrogen functional groups attached to an aromatic ring is 1. The first-order chi connectivity index (χ1) is 8.04. The molecule has 17 heavy (non-hydrogen) atoms. The highest BCUT2D eigenvalue weighted by atomic mass is 19.1.